The maximum Gasteiger partial charge on any atom is 0.306 e. The van der Waals surface area contributed by atoms with Crippen molar-refractivity contribution in [1.82, 2.24) is 0 Å². The van der Waals surface area contributed by atoms with Gasteiger partial charge in [-0.2, -0.15) is 0 Å². The second kappa shape index (κ2) is 6.66. The molecule has 0 amide bonds. The van der Waals surface area contributed by atoms with Crippen LogP contribution in [0.2, 0.25) is 0 Å². The van der Waals surface area contributed by atoms with Gasteiger partial charge in [-0.25, -0.2) is 0 Å². The van der Waals surface area contributed by atoms with Gasteiger partial charge in [0.2, 0.25) is 0 Å². The summed E-state index contributed by atoms with van der Waals surface area (Å²) in [5.74, 6) is -0.180. The predicted octanol–water partition coefficient (Wildman–Crippen LogP) is 1.66. The van der Waals surface area contributed by atoms with Crippen LogP contribution in [0.1, 0.15) is 33.1 Å². The molecule has 0 aromatic heterocycles. The summed E-state index contributed by atoms with van der Waals surface area (Å²) in [6.07, 6.45) is 1.74. The molecular weight excluding hydrogens is 168 g/mol. The Labute approximate surface area is 79.4 Å². The summed E-state index contributed by atoms with van der Waals surface area (Å²) >= 11 is 0. The normalized spacial score (nSPS) is 10.2. The molecule has 0 aliphatic heterocycles. The molecule has 1 N–H and O–H groups in total. The minimum absolute atomic E-state index is 0.000766. The number of hydrogen-bond donors (Lipinski definition) is 1. The number of carbonyl (C=O) groups is 1. The Morgan fingerprint density at radius 2 is 2.08 bits per heavy atom. The van der Waals surface area contributed by atoms with E-state index in [0.29, 0.717) is 19.3 Å². The summed E-state index contributed by atoms with van der Waals surface area (Å²) in [5.41, 5.74) is 0.761. The first-order valence-electron chi connectivity index (χ1n) is 4.53. The zero-order valence-corrected chi connectivity index (χ0v) is 8.38. The molecule has 0 aromatic rings. The molecule has 0 radical (unpaired) electrons. The summed E-state index contributed by atoms with van der Waals surface area (Å²) in [7, 11) is 0. The molecule has 0 aliphatic carbocycles. The van der Waals surface area contributed by atoms with Crippen LogP contribution in [-0.4, -0.2) is 23.8 Å². The van der Waals surface area contributed by atoms with Crippen LogP contribution in [-0.2, 0) is 9.53 Å². The van der Waals surface area contributed by atoms with E-state index in [2.05, 4.69) is 6.58 Å². The lowest BCUT2D eigenvalue weighted by Crippen LogP contribution is -2.10. The fourth-order valence-corrected chi connectivity index (χ4v) is 0.884. The van der Waals surface area contributed by atoms with Crippen LogP contribution in [0, 0.1) is 0 Å². The van der Waals surface area contributed by atoms with Crippen LogP contribution < -0.4 is 0 Å². The summed E-state index contributed by atoms with van der Waals surface area (Å²) in [6.45, 7) is 7.28. The van der Waals surface area contributed by atoms with Crippen molar-refractivity contribution < 1.29 is 14.6 Å². The van der Waals surface area contributed by atoms with Crippen molar-refractivity contribution in [3.63, 3.8) is 0 Å². The average Bonchev–Trinajstić information content (AvgIpc) is 2.02. The van der Waals surface area contributed by atoms with Crippen LogP contribution in [0.5, 0.6) is 0 Å². The molecule has 0 aliphatic rings. The first-order valence-corrected chi connectivity index (χ1v) is 4.53. The third kappa shape index (κ3) is 7.53. The largest absolute Gasteiger partial charge is 0.463 e. The first kappa shape index (κ1) is 12.2. The molecule has 76 valence electrons. The zero-order chi connectivity index (χ0) is 10.3. The Morgan fingerprint density at radius 3 is 2.54 bits per heavy atom. The highest BCUT2D eigenvalue weighted by atomic mass is 16.5. The van der Waals surface area contributed by atoms with Crippen molar-refractivity contribution in [1.29, 1.82) is 0 Å². The van der Waals surface area contributed by atoms with Crippen molar-refractivity contribution in [2.24, 2.45) is 0 Å². The molecule has 0 atom stereocenters. The monoisotopic (exact) mass is 186 g/mol. The standard InChI is InChI=1S/C10H18O3/c1-8(2)13-10(12)6-4-5-9(3)7-11/h8,11H,3-7H2,1-2H3. The van der Waals surface area contributed by atoms with Gasteiger partial charge in [-0.05, 0) is 26.7 Å². The van der Waals surface area contributed by atoms with Crippen LogP contribution in [0.4, 0.5) is 0 Å². The molecule has 0 fully saturated rings. The summed E-state index contributed by atoms with van der Waals surface area (Å²) in [6, 6.07) is 0. The lowest BCUT2D eigenvalue weighted by atomic mass is 10.1. The van der Waals surface area contributed by atoms with Crippen molar-refractivity contribution >= 4 is 5.97 Å². The van der Waals surface area contributed by atoms with Gasteiger partial charge in [-0.3, -0.25) is 4.79 Å². The number of ether oxygens (including phenoxy) is 1. The van der Waals surface area contributed by atoms with E-state index in [9.17, 15) is 4.79 Å². The first-order chi connectivity index (χ1) is 6.06. The Kier molecular flexibility index (Phi) is 6.24. The topological polar surface area (TPSA) is 46.5 Å². The van der Waals surface area contributed by atoms with Gasteiger partial charge in [0.05, 0.1) is 12.7 Å². The van der Waals surface area contributed by atoms with Crippen molar-refractivity contribution in [2.75, 3.05) is 6.61 Å². The minimum Gasteiger partial charge on any atom is -0.463 e. The molecular formula is C10H18O3. The molecule has 0 rings (SSSR count). The summed E-state index contributed by atoms with van der Waals surface area (Å²) in [4.78, 5) is 11.0. The molecule has 0 spiro atoms. The third-order valence-corrected chi connectivity index (χ3v) is 1.50. The van der Waals surface area contributed by atoms with Crippen molar-refractivity contribution in [2.45, 2.75) is 39.2 Å². The van der Waals surface area contributed by atoms with Gasteiger partial charge < -0.3 is 9.84 Å². The number of aliphatic hydroxyl groups excluding tert-OH is 1. The SMILES string of the molecule is C=C(CO)CCCC(=O)OC(C)C. The minimum atomic E-state index is -0.180. The molecule has 0 aromatic carbocycles. The highest BCUT2D eigenvalue weighted by Gasteiger charge is 2.04. The molecule has 0 saturated carbocycles. The quantitative estimate of drug-likeness (QED) is 0.507. The Hall–Kier alpha value is -0.830. The molecule has 0 unspecified atom stereocenters. The Balaban J connectivity index is 3.42. The lowest BCUT2D eigenvalue weighted by Gasteiger charge is -2.07. The smallest absolute Gasteiger partial charge is 0.306 e. The van der Waals surface area contributed by atoms with E-state index in [1.54, 1.807) is 0 Å². The molecule has 0 heterocycles. The van der Waals surface area contributed by atoms with Gasteiger partial charge in [0.1, 0.15) is 0 Å². The maximum atomic E-state index is 11.0. The highest BCUT2D eigenvalue weighted by molar-refractivity contribution is 5.69. The highest BCUT2D eigenvalue weighted by Crippen LogP contribution is 2.05. The number of esters is 1. The number of rotatable bonds is 6. The summed E-state index contributed by atoms with van der Waals surface area (Å²) in [5, 5.41) is 8.63. The number of aliphatic hydroxyl groups is 1. The fraction of sp³-hybridized carbons (Fsp3) is 0.700. The van der Waals surface area contributed by atoms with E-state index < -0.39 is 0 Å². The molecule has 3 nitrogen and oxygen atoms in total. The van der Waals surface area contributed by atoms with Gasteiger partial charge in [0.15, 0.2) is 0 Å². The maximum absolute atomic E-state index is 11.0. The van der Waals surface area contributed by atoms with Gasteiger partial charge in [0.25, 0.3) is 0 Å². The zero-order valence-electron chi connectivity index (χ0n) is 8.38. The van der Waals surface area contributed by atoms with Gasteiger partial charge >= 0.3 is 5.97 Å². The van der Waals surface area contributed by atoms with Crippen LogP contribution >= 0.6 is 0 Å². The van der Waals surface area contributed by atoms with E-state index in [-0.39, 0.29) is 18.7 Å². The average molecular weight is 186 g/mol. The van der Waals surface area contributed by atoms with Crippen LogP contribution in [0.25, 0.3) is 0 Å². The molecule has 13 heavy (non-hydrogen) atoms. The number of carbonyl (C=O) groups excluding carboxylic acids is 1. The lowest BCUT2D eigenvalue weighted by molar-refractivity contribution is -0.147. The van der Waals surface area contributed by atoms with Crippen molar-refractivity contribution in [3.8, 4) is 0 Å². The van der Waals surface area contributed by atoms with Gasteiger partial charge in [-0.15, -0.1) is 0 Å². The Morgan fingerprint density at radius 1 is 1.46 bits per heavy atom. The van der Waals surface area contributed by atoms with Gasteiger partial charge in [0, 0.05) is 6.42 Å². The third-order valence-electron chi connectivity index (χ3n) is 1.50. The Bertz CT molecular complexity index is 173. The van der Waals surface area contributed by atoms with E-state index in [1.165, 1.54) is 0 Å². The van der Waals surface area contributed by atoms with E-state index in [4.69, 9.17) is 9.84 Å². The second-order valence-corrected chi connectivity index (χ2v) is 3.30. The van der Waals surface area contributed by atoms with E-state index >= 15 is 0 Å². The summed E-state index contributed by atoms with van der Waals surface area (Å²) < 4.78 is 4.93. The van der Waals surface area contributed by atoms with Gasteiger partial charge in [-0.1, -0.05) is 12.2 Å². The van der Waals surface area contributed by atoms with Crippen LogP contribution in [0.15, 0.2) is 12.2 Å². The predicted molar refractivity (Wildman–Crippen MR) is 51.3 cm³/mol. The van der Waals surface area contributed by atoms with Crippen LogP contribution in [0.3, 0.4) is 0 Å². The molecule has 0 bridgehead atoms. The van der Waals surface area contributed by atoms with E-state index in [0.717, 1.165) is 5.57 Å². The van der Waals surface area contributed by atoms with E-state index in [1.807, 2.05) is 13.8 Å². The molecule has 3 heteroatoms. The van der Waals surface area contributed by atoms with Crippen molar-refractivity contribution in [3.05, 3.63) is 12.2 Å². The molecule has 0 saturated heterocycles. The second-order valence-electron chi connectivity index (χ2n) is 3.30. The number of hydrogen-bond acceptors (Lipinski definition) is 3. The fourth-order valence-electron chi connectivity index (χ4n) is 0.884.